The van der Waals surface area contributed by atoms with Crippen molar-refractivity contribution in [2.45, 2.75) is 32.5 Å². The van der Waals surface area contributed by atoms with E-state index in [0.717, 1.165) is 4.47 Å². The molecule has 0 spiro atoms. The van der Waals surface area contributed by atoms with Crippen LogP contribution in [0, 0.1) is 5.92 Å². The first kappa shape index (κ1) is 21.9. The molecule has 0 fully saturated rings. The van der Waals surface area contributed by atoms with Gasteiger partial charge >= 0.3 is 13.6 Å². The number of rotatable bonds is 6. The van der Waals surface area contributed by atoms with Gasteiger partial charge in [0.05, 0.1) is 6.42 Å². The number of hydrogen-bond donors (Lipinski definition) is 4. The van der Waals surface area contributed by atoms with Crippen LogP contribution in [0.3, 0.4) is 0 Å². The van der Waals surface area contributed by atoms with Crippen molar-refractivity contribution in [2.75, 3.05) is 0 Å². The van der Waals surface area contributed by atoms with E-state index in [0.29, 0.717) is 5.56 Å². The molecule has 9 heteroatoms. The number of Topliss-reactive ketones (excluding diaryl/α,β-unsaturated/α-hetero) is 1. The number of ketones is 1. The number of benzene rings is 1. The van der Waals surface area contributed by atoms with Crippen LogP contribution in [0.15, 0.2) is 28.7 Å². The van der Waals surface area contributed by atoms with Crippen LogP contribution < -0.4 is 5.73 Å². The summed E-state index contributed by atoms with van der Waals surface area (Å²) in [6.45, 7) is 3.34. The highest BCUT2D eigenvalue weighted by Gasteiger charge is 2.26. The van der Waals surface area contributed by atoms with Gasteiger partial charge in [0, 0.05) is 16.5 Å². The number of nitrogens with two attached hydrogens (primary N) is 1. The summed E-state index contributed by atoms with van der Waals surface area (Å²) in [4.78, 5) is 38.5. The van der Waals surface area contributed by atoms with E-state index in [1.54, 1.807) is 38.1 Å². The largest absolute Gasteiger partial charge is 0.481 e. The minimum absolute atomic E-state index is 0.0525. The summed E-state index contributed by atoms with van der Waals surface area (Å²) in [5, 5.41) is 8.39. The molecular weight excluding hydrogens is 389 g/mol. The Morgan fingerprint density at radius 2 is 1.65 bits per heavy atom. The van der Waals surface area contributed by atoms with E-state index in [9.17, 15) is 14.2 Å². The molecule has 0 saturated heterocycles. The van der Waals surface area contributed by atoms with Gasteiger partial charge in [0.25, 0.3) is 0 Å². The Morgan fingerprint density at radius 1 is 1.17 bits per heavy atom. The molecule has 23 heavy (non-hydrogen) atoms. The van der Waals surface area contributed by atoms with Crippen molar-refractivity contribution in [1.29, 1.82) is 0 Å². The second-order valence-electron chi connectivity index (χ2n) is 5.15. The highest BCUT2D eigenvalue weighted by Crippen LogP contribution is 2.41. The summed E-state index contributed by atoms with van der Waals surface area (Å²) < 4.78 is 11.2. The first-order valence-electron chi connectivity index (χ1n) is 6.76. The van der Waals surface area contributed by atoms with E-state index in [1.165, 1.54) is 0 Å². The third-order valence-electron chi connectivity index (χ3n) is 2.80. The monoisotopic (exact) mass is 409 g/mol. The molecule has 0 saturated carbocycles. The zero-order valence-corrected chi connectivity index (χ0v) is 15.3. The average Bonchev–Trinajstić information content (AvgIpc) is 2.44. The fourth-order valence-electron chi connectivity index (χ4n) is 1.39. The maximum Gasteiger partial charge on any atom is 0.342 e. The number of carboxylic acid groups (broad SMARTS) is 1. The second-order valence-corrected chi connectivity index (χ2v) is 7.84. The molecule has 0 bridgehead atoms. The molecule has 130 valence electrons. The van der Waals surface area contributed by atoms with E-state index in [1.807, 2.05) is 0 Å². The van der Waals surface area contributed by atoms with Crippen LogP contribution >= 0.6 is 23.5 Å². The van der Waals surface area contributed by atoms with E-state index < -0.39 is 19.3 Å². The van der Waals surface area contributed by atoms with Gasteiger partial charge in [-0.2, -0.15) is 0 Å². The number of carboxylic acids is 1. The lowest BCUT2D eigenvalue weighted by Crippen LogP contribution is -2.25. The molecule has 1 rings (SSSR count). The minimum Gasteiger partial charge on any atom is -0.481 e. The molecule has 0 aliphatic carbocycles. The molecule has 1 atom stereocenters. The third kappa shape index (κ3) is 9.63. The number of halogens is 1. The van der Waals surface area contributed by atoms with Crippen LogP contribution in [0.2, 0.25) is 0 Å². The van der Waals surface area contributed by atoms with Gasteiger partial charge < -0.3 is 20.6 Å². The standard InChI is InChI=1S/C10H9BrO3.C4H12NO3P/c11-8-3-1-7(2-4-8)9(12)5-6-10(13)14;1-3(2)4(5)9(6,7)8/h1-4H,5-6H2,(H,13,14);3-4H,5H2,1-2H3,(H2,6,7,8). The Labute approximate surface area is 143 Å². The zero-order chi connectivity index (χ0) is 18.2. The minimum atomic E-state index is -4.04. The van der Waals surface area contributed by atoms with E-state index in [-0.39, 0.29) is 24.5 Å². The van der Waals surface area contributed by atoms with Crippen molar-refractivity contribution in [3.63, 3.8) is 0 Å². The van der Waals surface area contributed by atoms with Crippen LogP contribution in [0.1, 0.15) is 37.0 Å². The van der Waals surface area contributed by atoms with Crippen molar-refractivity contribution in [3.05, 3.63) is 34.3 Å². The third-order valence-corrected chi connectivity index (χ3v) is 4.71. The maximum absolute atomic E-state index is 11.4. The summed E-state index contributed by atoms with van der Waals surface area (Å²) in [5.41, 5.74) is 5.68. The smallest absolute Gasteiger partial charge is 0.342 e. The van der Waals surface area contributed by atoms with Gasteiger partial charge in [-0.1, -0.05) is 41.9 Å². The van der Waals surface area contributed by atoms with Gasteiger partial charge in [-0.25, -0.2) is 0 Å². The highest BCUT2D eigenvalue weighted by molar-refractivity contribution is 9.10. The molecular formula is C14H21BrNO6P. The van der Waals surface area contributed by atoms with Crippen LogP contribution in [-0.4, -0.2) is 32.4 Å². The van der Waals surface area contributed by atoms with Crippen molar-refractivity contribution >= 4 is 35.3 Å². The van der Waals surface area contributed by atoms with Gasteiger partial charge in [-0.3, -0.25) is 14.2 Å². The van der Waals surface area contributed by atoms with Crippen molar-refractivity contribution in [1.82, 2.24) is 0 Å². The summed E-state index contributed by atoms with van der Waals surface area (Å²) in [6.07, 6.45) is -0.0636. The van der Waals surface area contributed by atoms with Crippen LogP contribution in [0.5, 0.6) is 0 Å². The van der Waals surface area contributed by atoms with E-state index in [4.69, 9.17) is 20.6 Å². The topological polar surface area (TPSA) is 138 Å². The van der Waals surface area contributed by atoms with Crippen molar-refractivity contribution < 1.29 is 29.0 Å². The van der Waals surface area contributed by atoms with Gasteiger partial charge in [-0.05, 0) is 18.1 Å². The molecule has 0 aromatic heterocycles. The lowest BCUT2D eigenvalue weighted by atomic mass is 10.1. The van der Waals surface area contributed by atoms with Gasteiger partial charge in [0.2, 0.25) is 0 Å². The molecule has 1 aromatic rings. The number of hydrogen-bond acceptors (Lipinski definition) is 4. The second kappa shape index (κ2) is 9.95. The maximum atomic E-state index is 11.4. The summed E-state index contributed by atoms with van der Waals surface area (Å²) in [6, 6.07) is 6.87. The first-order chi connectivity index (χ1) is 10.4. The molecule has 0 radical (unpaired) electrons. The predicted molar refractivity (Wildman–Crippen MR) is 90.2 cm³/mol. The fraction of sp³-hybridized carbons (Fsp3) is 0.429. The first-order valence-corrected chi connectivity index (χ1v) is 9.24. The van der Waals surface area contributed by atoms with Crippen LogP contribution in [-0.2, 0) is 9.36 Å². The lowest BCUT2D eigenvalue weighted by Gasteiger charge is -2.15. The van der Waals surface area contributed by atoms with Crippen LogP contribution in [0.4, 0.5) is 0 Å². The molecule has 7 nitrogen and oxygen atoms in total. The Morgan fingerprint density at radius 3 is 1.96 bits per heavy atom. The Hall–Kier alpha value is -1.05. The average molecular weight is 410 g/mol. The lowest BCUT2D eigenvalue weighted by molar-refractivity contribution is -0.136. The fourth-order valence-corrected chi connectivity index (χ4v) is 2.43. The summed E-state index contributed by atoms with van der Waals surface area (Å²) in [5.74, 6) is -2.28. The Bertz CT molecular complexity index is 569. The molecule has 0 heterocycles. The Balaban J connectivity index is 0.000000468. The molecule has 1 unspecified atom stereocenters. The number of aliphatic carboxylic acids is 1. The van der Waals surface area contributed by atoms with E-state index in [2.05, 4.69) is 15.9 Å². The summed E-state index contributed by atoms with van der Waals surface area (Å²) >= 11 is 3.25. The predicted octanol–water partition coefficient (Wildman–Crippen LogP) is 2.60. The number of carbonyl (C=O) groups excluding carboxylic acids is 1. The Kier molecular flexibility index (Phi) is 9.49. The normalized spacial score (nSPS) is 12.3. The molecule has 0 aliphatic heterocycles. The molecule has 1 aromatic carbocycles. The van der Waals surface area contributed by atoms with Gasteiger partial charge in [0.15, 0.2) is 5.78 Å². The quantitative estimate of drug-likeness (QED) is 0.418. The molecule has 0 aliphatic rings. The molecule has 0 amide bonds. The van der Waals surface area contributed by atoms with Crippen LogP contribution in [0.25, 0.3) is 0 Å². The molecule has 5 N–H and O–H groups in total. The highest BCUT2D eigenvalue weighted by atomic mass is 79.9. The van der Waals surface area contributed by atoms with Crippen molar-refractivity contribution in [3.8, 4) is 0 Å². The SMILES string of the molecule is CC(C)C(N)P(=O)(O)O.O=C(O)CCC(=O)c1ccc(Br)cc1. The van der Waals surface area contributed by atoms with Gasteiger partial charge in [0.1, 0.15) is 5.78 Å². The van der Waals surface area contributed by atoms with E-state index >= 15 is 0 Å². The van der Waals surface area contributed by atoms with Gasteiger partial charge in [-0.15, -0.1) is 0 Å². The summed E-state index contributed by atoms with van der Waals surface area (Å²) in [7, 11) is -4.04. The van der Waals surface area contributed by atoms with Crippen molar-refractivity contribution in [2.24, 2.45) is 11.7 Å². The number of carbonyl (C=O) groups is 2. The zero-order valence-electron chi connectivity index (χ0n) is 12.8.